The first-order valence-electron chi connectivity index (χ1n) is 9.10. The molecule has 0 fully saturated rings. The summed E-state index contributed by atoms with van der Waals surface area (Å²) >= 11 is 1.18. The van der Waals surface area contributed by atoms with Crippen LogP contribution in [0.15, 0.2) is 47.8 Å². The highest BCUT2D eigenvalue weighted by Gasteiger charge is 2.24. The second kappa shape index (κ2) is 8.78. The summed E-state index contributed by atoms with van der Waals surface area (Å²) in [6, 6.07) is 10.9. The highest BCUT2D eigenvalue weighted by Crippen LogP contribution is 2.29. The van der Waals surface area contributed by atoms with Crippen molar-refractivity contribution < 1.29 is 14.6 Å². The first kappa shape index (κ1) is 21.1. The average Bonchev–Trinajstić information content (AvgIpc) is 3.21. The Balaban J connectivity index is 1.80. The van der Waals surface area contributed by atoms with E-state index in [0.29, 0.717) is 11.6 Å². The second-order valence-corrected chi connectivity index (χ2v) is 7.50. The van der Waals surface area contributed by atoms with Gasteiger partial charge in [0.25, 0.3) is 17.3 Å². The van der Waals surface area contributed by atoms with Crippen molar-refractivity contribution in [2.45, 2.75) is 26.2 Å². The van der Waals surface area contributed by atoms with Gasteiger partial charge in [0.1, 0.15) is 5.56 Å². The molecule has 1 atom stereocenters. The maximum atomic E-state index is 12.5. The number of rotatable bonds is 7. The quantitative estimate of drug-likeness (QED) is 0.398. The Hall–Kier alpha value is -3.66. The van der Waals surface area contributed by atoms with E-state index in [9.17, 15) is 25.0 Å². The van der Waals surface area contributed by atoms with Crippen molar-refractivity contribution in [1.29, 1.82) is 0 Å². The van der Waals surface area contributed by atoms with Gasteiger partial charge in [0.05, 0.1) is 21.6 Å². The van der Waals surface area contributed by atoms with Gasteiger partial charge in [-0.2, -0.15) is 0 Å². The minimum absolute atomic E-state index is 0.272. The molecule has 0 radical (unpaired) electrons. The fraction of sp³-hybridized carbons (Fsp3) is 0.200. The Morgan fingerprint density at radius 2 is 1.83 bits per heavy atom. The molecular formula is C20H18N4O5S. The highest BCUT2D eigenvalue weighted by molar-refractivity contribution is 7.14. The van der Waals surface area contributed by atoms with Gasteiger partial charge in [0, 0.05) is 17.0 Å². The van der Waals surface area contributed by atoms with E-state index in [4.69, 9.17) is 0 Å². The molecule has 30 heavy (non-hydrogen) atoms. The fourth-order valence-electron chi connectivity index (χ4n) is 2.82. The summed E-state index contributed by atoms with van der Waals surface area (Å²) in [5.74, 6) is -0.300. The SMILES string of the molecule is CCC(C)c1ccc(-c2csc(NC(=O)c3ccc([N+](=O)[O-])cc3[N+](=O)[O-])n2)cc1. The molecule has 0 aliphatic rings. The molecule has 0 saturated heterocycles. The molecule has 0 saturated carbocycles. The largest absolute Gasteiger partial charge is 0.298 e. The van der Waals surface area contributed by atoms with Crippen molar-refractivity contribution in [2.24, 2.45) is 0 Å². The summed E-state index contributed by atoms with van der Waals surface area (Å²) in [7, 11) is 0. The maximum Gasteiger partial charge on any atom is 0.289 e. The van der Waals surface area contributed by atoms with Crippen LogP contribution in [0.25, 0.3) is 11.3 Å². The first-order chi connectivity index (χ1) is 14.3. The summed E-state index contributed by atoms with van der Waals surface area (Å²) in [6.45, 7) is 4.28. The van der Waals surface area contributed by atoms with Crippen LogP contribution in [-0.2, 0) is 0 Å². The Morgan fingerprint density at radius 1 is 1.13 bits per heavy atom. The van der Waals surface area contributed by atoms with Crippen LogP contribution in [0.4, 0.5) is 16.5 Å². The smallest absolute Gasteiger partial charge is 0.289 e. The number of nitrogens with one attached hydrogen (secondary N) is 1. The molecule has 0 bridgehead atoms. The maximum absolute atomic E-state index is 12.5. The Morgan fingerprint density at radius 3 is 2.43 bits per heavy atom. The monoisotopic (exact) mass is 426 g/mol. The minimum atomic E-state index is -0.825. The third kappa shape index (κ3) is 4.49. The number of anilines is 1. The van der Waals surface area contributed by atoms with Crippen LogP contribution in [0, 0.1) is 20.2 Å². The number of hydrogen-bond acceptors (Lipinski definition) is 7. The lowest BCUT2D eigenvalue weighted by atomic mass is 9.97. The zero-order chi connectivity index (χ0) is 21.8. The number of nitro benzene ring substituents is 2. The van der Waals surface area contributed by atoms with Gasteiger partial charge in [0.15, 0.2) is 5.13 Å². The van der Waals surface area contributed by atoms with Crippen molar-refractivity contribution in [2.75, 3.05) is 5.32 Å². The van der Waals surface area contributed by atoms with Gasteiger partial charge >= 0.3 is 0 Å². The number of aromatic nitrogens is 1. The van der Waals surface area contributed by atoms with E-state index >= 15 is 0 Å². The van der Waals surface area contributed by atoms with E-state index in [2.05, 4.69) is 24.1 Å². The molecule has 3 aromatic rings. The lowest BCUT2D eigenvalue weighted by Gasteiger charge is -2.08. The van der Waals surface area contributed by atoms with E-state index in [0.717, 1.165) is 30.2 Å². The Kier molecular flexibility index (Phi) is 6.17. The van der Waals surface area contributed by atoms with E-state index in [1.807, 2.05) is 24.3 Å². The third-order valence-electron chi connectivity index (χ3n) is 4.75. The molecule has 1 aromatic heterocycles. The van der Waals surface area contributed by atoms with Gasteiger partial charge in [-0.3, -0.25) is 30.3 Å². The molecule has 2 aromatic carbocycles. The lowest BCUT2D eigenvalue weighted by Crippen LogP contribution is -2.14. The summed E-state index contributed by atoms with van der Waals surface area (Å²) in [5, 5.41) is 26.6. The molecule has 1 amide bonds. The van der Waals surface area contributed by atoms with E-state index in [-0.39, 0.29) is 10.7 Å². The molecular weight excluding hydrogens is 408 g/mol. The molecule has 10 heteroatoms. The molecule has 1 heterocycles. The van der Waals surface area contributed by atoms with Crippen molar-refractivity contribution in [1.82, 2.24) is 4.98 Å². The highest BCUT2D eigenvalue weighted by atomic mass is 32.1. The lowest BCUT2D eigenvalue weighted by molar-refractivity contribution is -0.394. The number of carbonyl (C=O) groups is 1. The van der Waals surface area contributed by atoms with E-state index < -0.39 is 27.1 Å². The van der Waals surface area contributed by atoms with Gasteiger partial charge in [-0.05, 0) is 24.0 Å². The average molecular weight is 426 g/mol. The summed E-state index contributed by atoms with van der Waals surface area (Å²) in [4.78, 5) is 37.4. The second-order valence-electron chi connectivity index (χ2n) is 6.64. The first-order valence-corrected chi connectivity index (χ1v) is 9.98. The summed E-state index contributed by atoms with van der Waals surface area (Å²) in [6.07, 6.45) is 1.04. The summed E-state index contributed by atoms with van der Waals surface area (Å²) < 4.78 is 0. The number of non-ortho nitro benzene ring substituents is 1. The molecule has 9 nitrogen and oxygen atoms in total. The fourth-order valence-corrected chi connectivity index (χ4v) is 3.54. The number of hydrogen-bond donors (Lipinski definition) is 1. The predicted molar refractivity (Wildman–Crippen MR) is 114 cm³/mol. The molecule has 0 aliphatic heterocycles. The predicted octanol–water partition coefficient (Wildman–Crippen LogP) is 5.39. The van der Waals surface area contributed by atoms with Crippen LogP contribution in [0.3, 0.4) is 0 Å². The van der Waals surface area contributed by atoms with Crippen LogP contribution >= 0.6 is 11.3 Å². The standard InChI is InChI=1S/C20H18N4O5S/c1-3-12(2)13-4-6-14(7-5-13)17-11-30-20(21-17)22-19(25)16-9-8-15(23(26)27)10-18(16)24(28)29/h4-12H,3H2,1-2H3,(H,21,22,25). The molecule has 0 spiro atoms. The minimum Gasteiger partial charge on any atom is -0.298 e. The van der Waals surface area contributed by atoms with Gasteiger partial charge in [0.2, 0.25) is 0 Å². The number of nitro groups is 2. The molecule has 1 N–H and O–H groups in total. The normalized spacial score (nSPS) is 11.7. The Bertz CT molecular complexity index is 1110. The topological polar surface area (TPSA) is 128 Å². The Labute approximate surface area is 175 Å². The third-order valence-corrected chi connectivity index (χ3v) is 5.50. The van der Waals surface area contributed by atoms with Crippen LogP contribution in [0.5, 0.6) is 0 Å². The zero-order valence-corrected chi connectivity index (χ0v) is 17.0. The van der Waals surface area contributed by atoms with Crippen LogP contribution in [0.1, 0.15) is 42.1 Å². The van der Waals surface area contributed by atoms with Gasteiger partial charge in [-0.25, -0.2) is 4.98 Å². The number of thiazole rings is 1. The zero-order valence-electron chi connectivity index (χ0n) is 16.2. The van der Waals surface area contributed by atoms with Gasteiger partial charge < -0.3 is 0 Å². The van der Waals surface area contributed by atoms with Crippen LogP contribution in [0.2, 0.25) is 0 Å². The van der Waals surface area contributed by atoms with Gasteiger partial charge in [-0.15, -0.1) is 11.3 Å². The molecule has 154 valence electrons. The molecule has 3 rings (SSSR count). The molecule has 0 aliphatic carbocycles. The van der Waals surface area contributed by atoms with E-state index in [1.165, 1.54) is 16.9 Å². The number of benzene rings is 2. The van der Waals surface area contributed by atoms with Crippen LogP contribution in [-0.4, -0.2) is 20.7 Å². The number of amides is 1. The van der Waals surface area contributed by atoms with Crippen molar-refractivity contribution >= 4 is 33.8 Å². The van der Waals surface area contributed by atoms with Crippen LogP contribution < -0.4 is 5.32 Å². The van der Waals surface area contributed by atoms with Crippen molar-refractivity contribution in [3.63, 3.8) is 0 Å². The van der Waals surface area contributed by atoms with E-state index in [1.54, 1.807) is 5.38 Å². The van der Waals surface area contributed by atoms with Crippen molar-refractivity contribution in [3.05, 3.63) is 79.2 Å². The van der Waals surface area contributed by atoms with Gasteiger partial charge in [-0.1, -0.05) is 38.1 Å². The number of carbonyl (C=O) groups excluding carboxylic acids is 1. The number of nitrogens with zero attached hydrogens (tertiary/aromatic N) is 3. The van der Waals surface area contributed by atoms with Crippen molar-refractivity contribution in [3.8, 4) is 11.3 Å². The molecule has 1 unspecified atom stereocenters. The summed E-state index contributed by atoms with van der Waals surface area (Å²) in [5.41, 5.74) is 1.41.